The first-order chi connectivity index (χ1) is 8.83. The molecule has 1 unspecified atom stereocenters. The number of thioether (sulfide) groups is 2. The van der Waals surface area contributed by atoms with Gasteiger partial charge in [0.05, 0.1) is 5.25 Å². The van der Waals surface area contributed by atoms with Crippen LogP contribution in [0.3, 0.4) is 0 Å². The highest BCUT2D eigenvalue weighted by atomic mass is 32.2. The SMILES string of the molecule is CCCNc1cc(CC)nc(C2CSCCS2)n1. The zero-order valence-electron chi connectivity index (χ0n) is 11.1. The van der Waals surface area contributed by atoms with E-state index >= 15 is 0 Å². The zero-order chi connectivity index (χ0) is 12.8. The number of aryl methyl sites for hydroxylation is 1. The number of anilines is 1. The van der Waals surface area contributed by atoms with Crippen LogP contribution in [0.1, 0.15) is 37.0 Å². The maximum Gasteiger partial charge on any atom is 0.144 e. The quantitative estimate of drug-likeness (QED) is 0.896. The summed E-state index contributed by atoms with van der Waals surface area (Å²) in [6.45, 7) is 5.30. The van der Waals surface area contributed by atoms with Crippen LogP contribution in [0.15, 0.2) is 6.07 Å². The Balaban J connectivity index is 2.16. The van der Waals surface area contributed by atoms with E-state index in [0.29, 0.717) is 5.25 Å². The molecule has 0 aromatic carbocycles. The second-order valence-electron chi connectivity index (χ2n) is 4.32. The van der Waals surface area contributed by atoms with Crippen LogP contribution in [0, 0.1) is 0 Å². The topological polar surface area (TPSA) is 37.8 Å². The molecule has 0 saturated carbocycles. The van der Waals surface area contributed by atoms with E-state index in [4.69, 9.17) is 4.98 Å². The van der Waals surface area contributed by atoms with Crippen LogP contribution in [0.25, 0.3) is 0 Å². The maximum atomic E-state index is 4.70. The van der Waals surface area contributed by atoms with Gasteiger partial charge in [-0.3, -0.25) is 0 Å². The Labute approximate surface area is 118 Å². The molecule has 5 heteroatoms. The van der Waals surface area contributed by atoms with Gasteiger partial charge in [0.15, 0.2) is 0 Å². The smallest absolute Gasteiger partial charge is 0.144 e. The second-order valence-corrected chi connectivity index (χ2v) is 6.78. The Kier molecular flexibility index (Phi) is 5.63. The van der Waals surface area contributed by atoms with E-state index in [9.17, 15) is 0 Å². The van der Waals surface area contributed by atoms with E-state index in [-0.39, 0.29) is 0 Å². The molecule has 18 heavy (non-hydrogen) atoms. The van der Waals surface area contributed by atoms with Crippen LogP contribution in [0.2, 0.25) is 0 Å². The molecule has 0 spiro atoms. The van der Waals surface area contributed by atoms with Gasteiger partial charge < -0.3 is 5.32 Å². The first-order valence-electron chi connectivity index (χ1n) is 6.64. The van der Waals surface area contributed by atoms with Crippen molar-refractivity contribution in [3.8, 4) is 0 Å². The molecule has 1 N–H and O–H groups in total. The van der Waals surface area contributed by atoms with Crippen molar-refractivity contribution in [2.75, 3.05) is 29.1 Å². The highest BCUT2D eigenvalue weighted by Crippen LogP contribution is 2.35. The van der Waals surface area contributed by atoms with Crippen molar-refractivity contribution in [2.24, 2.45) is 0 Å². The molecular formula is C13H21N3S2. The first kappa shape index (κ1) is 14.0. The van der Waals surface area contributed by atoms with E-state index in [1.165, 1.54) is 11.5 Å². The van der Waals surface area contributed by atoms with E-state index < -0.39 is 0 Å². The summed E-state index contributed by atoms with van der Waals surface area (Å²) in [5.41, 5.74) is 1.15. The molecule has 2 rings (SSSR count). The number of rotatable bonds is 5. The molecule has 1 aromatic rings. The minimum atomic E-state index is 0.470. The summed E-state index contributed by atoms with van der Waals surface area (Å²) >= 11 is 4.01. The lowest BCUT2D eigenvalue weighted by atomic mass is 10.3. The van der Waals surface area contributed by atoms with E-state index in [0.717, 1.165) is 42.5 Å². The summed E-state index contributed by atoms with van der Waals surface area (Å²) in [7, 11) is 0. The fraction of sp³-hybridized carbons (Fsp3) is 0.692. The third-order valence-electron chi connectivity index (χ3n) is 2.82. The average molecular weight is 283 g/mol. The average Bonchev–Trinajstić information content (AvgIpc) is 2.45. The van der Waals surface area contributed by atoms with Crippen molar-refractivity contribution in [2.45, 2.75) is 31.9 Å². The van der Waals surface area contributed by atoms with Gasteiger partial charge in [-0.05, 0) is 12.8 Å². The Morgan fingerprint density at radius 2 is 2.22 bits per heavy atom. The fourth-order valence-electron chi connectivity index (χ4n) is 1.82. The standard InChI is InChI=1S/C13H21N3S2/c1-3-5-14-12-8-10(4-2)15-13(16-12)11-9-17-6-7-18-11/h8,11H,3-7,9H2,1-2H3,(H,14,15,16). The molecule has 3 nitrogen and oxygen atoms in total. The van der Waals surface area contributed by atoms with E-state index in [1.807, 2.05) is 23.5 Å². The lowest BCUT2D eigenvalue weighted by Crippen LogP contribution is -2.13. The minimum Gasteiger partial charge on any atom is -0.370 e. The van der Waals surface area contributed by atoms with Crippen molar-refractivity contribution >= 4 is 29.3 Å². The molecule has 1 aliphatic heterocycles. The van der Waals surface area contributed by atoms with E-state index in [2.05, 4.69) is 30.2 Å². The highest BCUT2D eigenvalue weighted by Gasteiger charge is 2.20. The Hall–Kier alpha value is -0.420. The fourth-order valence-corrected chi connectivity index (χ4v) is 4.42. The summed E-state index contributed by atoms with van der Waals surface area (Å²) in [6.07, 6.45) is 2.09. The number of nitrogens with one attached hydrogen (secondary N) is 1. The Morgan fingerprint density at radius 3 is 2.89 bits per heavy atom. The summed E-state index contributed by atoms with van der Waals surface area (Å²) < 4.78 is 0. The normalized spacial score (nSPS) is 19.8. The molecule has 1 saturated heterocycles. The molecule has 100 valence electrons. The lowest BCUT2D eigenvalue weighted by molar-refractivity contribution is 0.869. The lowest BCUT2D eigenvalue weighted by Gasteiger charge is -2.20. The van der Waals surface area contributed by atoms with Crippen molar-refractivity contribution in [3.05, 3.63) is 17.6 Å². The molecular weight excluding hydrogens is 262 g/mol. The van der Waals surface area contributed by atoms with Crippen LogP contribution in [-0.4, -0.2) is 33.8 Å². The summed E-state index contributed by atoms with van der Waals surface area (Å²) in [5, 5.41) is 3.85. The summed E-state index contributed by atoms with van der Waals surface area (Å²) in [4.78, 5) is 9.38. The van der Waals surface area contributed by atoms with Crippen molar-refractivity contribution in [1.29, 1.82) is 0 Å². The third kappa shape index (κ3) is 3.79. The van der Waals surface area contributed by atoms with Crippen molar-refractivity contribution < 1.29 is 0 Å². The maximum absolute atomic E-state index is 4.70. The first-order valence-corrected chi connectivity index (χ1v) is 8.85. The predicted molar refractivity (Wildman–Crippen MR) is 82.7 cm³/mol. The van der Waals surface area contributed by atoms with E-state index in [1.54, 1.807) is 0 Å². The number of aromatic nitrogens is 2. The zero-order valence-corrected chi connectivity index (χ0v) is 12.7. The number of hydrogen-bond donors (Lipinski definition) is 1. The summed E-state index contributed by atoms with van der Waals surface area (Å²) in [5.74, 6) is 5.63. The monoisotopic (exact) mass is 283 g/mol. The largest absolute Gasteiger partial charge is 0.370 e. The second kappa shape index (κ2) is 7.24. The molecule has 0 amide bonds. The van der Waals surface area contributed by atoms with Crippen molar-refractivity contribution in [1.82, 2.24) is 9.97 Å². The number of nitrogens with zero attached hydrogens (tertiary/aromatic N) is 2. The molecule has 2 heterocycles. The molecule has 1 aliphatic rings. The molecule has 1 atom stereocenters. The minimum absolute atomic E-state index is 0.470. The Bertz CT molecular complexity index is 378. The predicted octanol–water partition coefficient (Wildman–Crippen LogP) is 3.38. The van der Waals surface area contributed by atoms with Gasteiger partial charge in [0.25, 0.3) is 0 Å². The van der Waals surface area contributed by atoms with Gasteiger partial charge in [0, 0.05) is 35.6 Å². The molecule has 0 bridgehead atoms. The number of hydrogen-bond acceptors (Lipinski definition) is 5. The van der Waals surface area contributed by atoms with Crippen LogP contribution < -0.4 is 5.32 Å². The van der Waals surface area contributed by atoms with Gasteiger partial charge >= 0.3 is 0 Å². The van der Waals surface area contributed by atoms with Crippen LogP contribution in [-0.2, 0) is 6.42 Å². The van der Waals surface area contributed by atoms with Gasteiger partial charge in [0.1, 0.15) is 11.6 Å². The third-order valence-corrected chi connectivity index (χ3v) is 5.57. The molecule has 1 aromatic heterocycles. The van der Waals surface area contributed by atoms with Gasteiger partial charge in [-0.15, -0.1) is 11.8 Å². The van der Waals surface area contributed by atoms with Crippen molar-refractivity contribution in [3.63, 3.8) is 0 Å². The van der Waals surface area contributed by atoms with Gasteiger partial charge in [-0.2, -0.15) is 11.8 Å². The Morgan fingerprint density at radius 1 is 1.33 bits per heavy atom. The van der Waals surface area contributed by atoms with Gasteiger partial charge in [-0.1, -0.05) is 13.8 Å². The molecule has 0 aliphatic carbocycles. The highest BCUT2D eigenvalue weighted by molar-refractivity contribution is 8.06. The van der Waals surface area contributed by atoms with Gasteiger partial charge in [-0.25, -0.2) is 9.97 Å². The van der Waals surface area contributed by atoms with Crippen LogP contribution in [0.5, 0.6) is 0 Å². The van der Waals surface area contributed by atoms with Gasteiger partial charge in [0.2, 0.25) is 0 Å². The molecule has 1 fully saturated rings. The van der Waals surface area contributed by atoms with Crippen LogP contribution in [0.4, 0.5) is 5.82 Å². The molecule has 0 radical (unpaired) electrons. The summed E-state index contributed by atoms with van der Waals surface area (Å²) in [6, 6.07) is 2.08. The van der Waals surface area contributed by atoms with Crippen LogP contribution >= 0.6 is 23.5 Å².